The molecule has 4 heterocycles. The van der Waals surface area contributed by atoms with Crippen molar-refractivity contribution in [2.45, 2.75) is 37.6 Å². The highest BCUT2D eigenvalue weighted by atomic mass is 15.2. The molecule has 136 valence electrons. The van der Waals surface area contributed by atoms with Gasteiger partial charge in [0.25, 0.3) is 0 Å². The largest absolute Gasteiger partial charge is 0.346 e. The molecule has 0 aromatic carbocycles. The van der Waals surface area contributed by atoms with E-state index < -0.39 is 0 Å². The second-order valence-corrected chi connectivity index (χ2v) is 7.65. The number of piperazine rings is 1. The van der Waals surface area contributed by atoms with Gasteiger partial charge in [-0.3, -0.25) is 10.00 Å². The van der Waals surface area contributed by atoms with Crippen molar-refractivity contribution in [3.63, 3.8) is 0 Å². The Kier molecular flexibility index (Phi) is 4.22. The minimum absolute atomic E-state index is 0.637. The fourth-order valence-corrected chi connectivity index (χ4v) is 4.70. The zero-order valence-corrected chi connectivity index (χ0v) is 15.0. The number of nitrogens with one attached hydrogen (secondary N) is 3. The molecule has 1 aliphatic carbocycles. The molecule has 3 N–H and O–H groups in total. The van der Waals surface area contributed by atoms with E-state index in [0.29, 0.717) is 5.92 Å². The van der Waals surface area contributed by atoms with Crippen molar-refractivity contribution < 1.29 is 0 Å². The fourth-order valence-electron chi connectivity index (χ4n) is 4.70. The maximum atomic E-state index is 4.69. The van der Waals surface area contributed by atoms with Crippen molar-refractivity contribution in [2.75, 3.05) is 26.2 Å². The van der Waals surface area contributed by atoms with Crippen LogP contribution in [0.25, 0.3) is 22.2 Å². The van der Waals surface area contributed by atoms with Crippen LogP contribution in [-0.2, 0) is 0 Å². The number of aromatic nitrogens is 4. The van der Waals surface area contributed by atoms with Crippen LogP contribution in [0.4, 0.5) is 0 Å². The Morgan fingerprint density at radius 1 is 1.00 bits per heavy atom. The molecule has 5 rings (SSSR count). The molecule has 6 heteroatoms. The van der Waals surface area contributed by atoms with E-state index in [9.17, 15) is 0 Å². The van der Waals surface area contributed by atoms with Gasteiger partial charge in [0.1, 0.15) is 5.65 Å². The first-order chi connectivity index (χ1) is 12.9. The minimum Gasteiger partial charge on any atom is -0.346 e. The van der Waals surface area contributed by atoms with Crippen LogP contribution in [0.5, 0.6) is 0 Å². The average molecular weight is 350 g/mol. The third-order valence-electron chi connectivity index (χ3n) is 6.20. The normalized spacial score (nSPS) is 24.9. The first kappa shape index (κ1) is 16.0. The van der Waals surface area contributed by atoms with Gasteiger partial charge >= 0.3 is 0 Å². The maximum absolute atomic E-state index is 4.69. The Hall–Kier alpha value is -2.18. The van der Waals surface area contributed by atoms with E-state index in [1.54, 1.807) is 0 Å². The molecular formula is C20H26N6. The monoisotopic (exact) mass is 350 g/mol. The van der Waals surface area contributed by atoms with E-state index in [1.807, 2.05) is 18.6 Å². The summed E-state index contributed by atoms with van der Waals surface area (Å²) >= 11 is 0. The molecule has 6 nitrogen and oxygen atoms in total. The fraction of sp³-hybridized carbons (Fsp3) is 0.500. The Morgan fingerprint density at radius 2 is 1.85 bits per heavy atom. The van der Waals surface area contributed by atoms with Gasteiger partial charge in [0.15, 0.2) is 0 Å². The first-order valence-corrected chi connectivity index (χ1v) is 9.79. The van der Waals surface area contributed by atoms with Gasteiger partial charge in [-0.1, -0.05) is 0 Å². The number of hydrogen-bond donors (Lipinski definition) is 3. The highest BCUT2D eigenvalue weighted by Crippen LogP contribution is 2.37. The maximum Gasteiger partial charge on any atom is 0.137 e. The Morgan fingerprint density at radius 3 is 2.62 bits per heavy atom. The molecule has 26 heavy (non-hydrogen) atoms. The Labute approximate surface area is 153 Å². The smallest absolute Gasteiger partial charge is 0.137 e. The van der Waals surface area contributed by atoms with Crippen LogP contribution in [0, 0.1) is 0 Å². The van der Waals surface area contributed by atoms with Crippen molar-refractivity contribution in [2.24, 2.45) is 0 Å². The molecular weight excluding hydrogens is 324 g/mol. The van der Waals surface area contributed by atoms with Crippen LogP contribution in [0.1, 0.15) is 37.2 Å². The molecule has 3 aromatic heterocycles. The summed E-state index contributed by atoms with van der Waals surface area (Å²) in [7, 11) is 0. The highest BCUT2D eigenvalue weighted by molar-refractivity contribution is 5.93. The van der Waals surface area contributed by atoms with Crippen LogP contribution in [-0.4, -0.2) is 57.3 Å². The minimum atomic E-state index is 0.637. The van der Waals surface area contributed by atoms with Crippen molar-refractivity contribution in [3.05, 3.63) is 36.4 Å². The summed E-state index contributed by atoms with van der Waals surface area (Å²) in [4.78, 5) is 10.7. The summed E-state index contributed by atoms with van der Waals surface area (Å²) < 4.78 is 0. The molecule has 0 radical (unpaired) electrons. The topological polar surface area (TPSA) is 72.6 Å². The molecule has 1 saturated carbocycles. The predicted molar refractivity (Wildman–Crippen MR) is 103 cm³/mol. The van der Waals surface area contributed by atoms with Gasteiger partial charge in [-0.15, -0.1) is 0 Å². The number of pyridine rings is 1. The number of rotatable bonds is 3. The van der Waals surface area contributed by atoms with E-state index in [2.05, 4.69) is 37.7 Å². The van der Waals surface area contributed by atoms with Gasteiger partial charge < -0.3 is 10.3 Å². The quantitative estimate of drug-likeness (QED) is 0.679. The van der Waals surface area contributed by atoms with E-state index in [0.717, 1.165) is 30.3 Å². The Bertz CT molecular complexity index is 854. The van der Waals surface area contributed by atoms with Gasteiger partial charge in [-0.2, -0.15) is 5.10 Å². The van der Waals surface area contributed by atoms with E-state index in [1.165, 1.54) is 55.3 Å². The van der Waals surface area contributed by atoms with Gasteiger partial charge in [0.05, 0.1) is 6.20 Å². The number of nitrogens with zero attached hydrogens (tertiary/aromatic N) is 3. The molecule has 1 saturated heterocycles. The van der Waals surface area contributed by atoms with Crippen LogP contribution >= 0.6 is 0 Å². The molecule has 2 fully saturated rings. The standard InChI is InChI=1S/C20H26N6/c1-3-17(26-7-5-21-6-8-26)4-2-14(1)15-9-18-19(16-11-24-25-12-16)13-23-20(18)22-10-15/h9-14,17,21H,1-8H2,(H,22,23)(H,24,25). The third-order valence-corrected chi connectivity index (χ3v) is 6.20. The van der Waals surface area contributed by atoms with Gasteiger partial charge in [0, 0.05) is 67.3 Å². The van der Waals surface area contributed by atoms with Crippen molar-refractivity contribution in [1.29, 1.82) is 0 Å². The molecule has 3 aromatic rings. The zero-order valence-electron chi connectivity index (χ0n) is 15.0. The van der Waals surface area contributed by atoms with Crippen LogP contribution < -0.4 is 5.32 Å². The molecule has 2 aliphatic rings. The van der Waals surface area contributed by atoms with Crippen LogP contribution in [0.3, 0.4) is 0 Å². The second kappa shape index (κ2) is 6.85. The molecule has 0 spiro atoms. The molecule has 0 bridgehead atoms. The summed E-state index contributed by atoms with van der Waals surface area (Å²) in [6.45, 7) is 4.70. The summed E-state index contributed by atoms with van der Waals surface area (Å²) in [6, 6.07) is 3.12. The van der Waals surface area contributed by atoms with Crippen molar-refractivity contribution >= 4 is 11.0 Å². The number of hydrogen-bond acceptors (Lipinski definition) is 4. The molecule has 0 unspecified atom stereocenters. The van der Waals surface area contributed by atoms with E-state index >= 15 is 0 Å². The molecule has 1 aliphatic heterocycles. The van der Waals surface area contributed by atoms with E-state index in [4.69, 9.17) is 4.98 Å². The first-order valence-electron chi connectivity index (χ1n) is 9.79. The SMILES string of the molecule is c1n[nH]cc1-c1c[nH]c2ncc(C3CCC(N4CCNCC4)CC3)cc12. The lowest BCUT2D eigenvalue weighted by Crippen LogP contribution is -2.49. The lowest BCUT2D eigenvalue weighted by molar-refractivity contribution is 0.133. The van der Waals surface area contributed by atoms with Crippen molar-refractivity contribution in [3.8, 4) is 11.1 Å². The van der Waals surface area contributed by atoms with Crippen LogP contribution in [0.2, 0.25) is 0 Å². The zero-order chi connectivity index (χ0) is 17.3. The summed E-state index contributed by atoms with van der Waals surface area (Å²) in [6.07, 6.45) is 13.1. The van der Waals surface area contributed by atoms with Gasteiger partial charge in [0.2, 0.25) is 0 Å². The van der Waals surface area contributed by atoms with Crippen LogP contribution in [0.15, 0.2) is 30.9 Å². The Balaban J connectivity index is 1.34. The lowest BCUT2D eigenvalue weighted by atomic mass is 9.81. The lowest BCUT2D eigenvalue weighted by Gasteiger charge is -2.39. The van der Waals surface area contributed by atoms with Gasteiger partial charge in [-0.25, -0.2) is 4.98 Å². The summed E-state index contributed by atoms with van der Waals surface area (Å²) in [5.41, 5.74) is 4.63. The van der Waals surface area contributed by atoms with Crippen molar-refractivity contribution in [1.82, 2.24) is 30.4 Å². The number of aromatic amines is 2. The number of H-pyrrole nitrogens is 2. The summed E-state index contributed by atoms with van der Waals surface area (Å²) in [5.74, 6) is 0.637. The number of fused-ring (bicyclic) bond motifs is 1. The van der Waals surface area contributed by atoms with Gasteiger partial charge in [-0.05, 0) is 43.2 Å². The second-order valence-electron chi connectivity index (χ2n) is 7.65. The summed E-state index contributed by atoms with van der Waals surface area (Å²) in [5, 5.41) is 11.6. The average Bonchev–Trinajstić information content (AvgIpc) is 3.38. The molecule has 0 amide bonds. The molecule has 0 atom stereocenters. The van der Waals surface area contributed by atoms with E-state index in [-0.39, 0.29) is 0 Å². The predicted octanol–water partition coefficient (Wildman–Crippen LogP) is 2.88. The third kappa shape index (κ3) is 2.93. The highest BCUT2D eigenvalue weighted by Gasteiger charge is 2.27.